The van der Waals surface area contributed by atoms with Gasteiger partial charge < -0.3 is 15.1 Å². The number of nitrogens with one attached hydrogen (secondary N) is 1. The first-order chi connectivity index (χ1) is 13.3. The number of amides is 1. The molecule has 0 aliphatic carbocycles. The van der Waals surface area contributed by atoms with Crippen LogP contribution in [0.15, 0.2) is 41.8 Å². The molecular weight excluding hydrogens is 354 g/mol. The third-order valence-corrected chi connectivity index (χ3v) is 6.70. The minimum Gasteiger partial charge on any atom is -0.374 e. The third kappa shape index (κ3) is 4.29. The molecule has 1 N–H and O–H groups in total. The largest absolute Gasteiger partial charge is 0.374 e. The molecule has 27 heavy (non-hydrogen) atoms. The molecule has 3 heterocycles. The minimum atomic E-state index is 0.205. The Labute approximate surface area is 166 Å². The fourth-order valence-electron chi connectivity index (χ4n) is 4.32. The fourth-order valence-corrected chi connectivity index (χ4v) is 5.20. The highest BCUT2D eigenvalue weighted by Gasteiger charge is 2.30. The van der Waals surface area contributed by atoms with E-state index in [4.69, 9.17) is 0 Å². The van der Waals surface area contributed by atoms with Gasteiger partial charge in [0.2, 0.25) is 5.91 Å². The van der Waals surface area contributed by atoms with E-state index in [2.05, 4.69) is 56.9 Å². The predicted molar refractivity (Wildman–Crippen MR) is 114 cm³/mol. The number of anilines is 2. The van der Waals surface area contributed by atoms with Crippen molar-refractivity contribution in [3.63, 3.8) is 0 Å². The number of thiophene rings is 1. The maximum absolute atomic E-state index is 12.9. The van der Waals surface area contributed by atoms with E-state index < -0.39 is 0 Å². The molecular formula is C22H29N3OS. The Morgan fingerprint density at radius 3 is 2.59 bits per heavy atom. The number of hydrogen-bond acceptors (Lipinski definition) is 4. The van der Waals surface area contributed by atoms with Crippen molar-refractivity contribution in [2.45, 2.75) is 44.6 Å². The molecule has 144 valence electrons. The molecule has 0 unspecified atom stereocenters. The Morgan fingerprint density at radius 1 is 1.00 bits per heavy atom. The van der Waals surface area contributed by atoms with Gasteiger partial charge in [-0.1, -0.05) is 31.0 Å². The van der Waals surface area contributed by atoms with Gasteiger partial charge in [0.25, 0.3) is 0 Å². The van der Waals surface area contributed by atoms with Crippen LogP contribution in [0.2, 0.25) is 0 Å². The van der Waals surface area contributed by atoms with Crippen LogP contribution in [0, 0.1) is 0 Å². The van der Waals surface area contributed by atoms with Crippen LogP contribution in [0.1, 0.15) is 49.4 Å². The molecule has 1 aromatic heterocycles. The summed E-state index contributed by atoms with van der Waals surface area (Å²) in [5.41, 5.74) is 2.32. The normalized spacial score (nSPS) is 20.5. The van der Waals surface area contributed by atoms with Gasteiger partial charge in [-0.3, -0.25) is 4.79 Å². The number of carbonyl (C=O) groups excluding carboxylic acids is 1. The summed E-state index contributed by atoms with van der Waals surface area (Å²) in [4.78, 5) is 18.8. The van der Waals surface area contributed by atoms with Gasteiger partial charge in [0, 0.05) is 24.5 Å². The highest BCUT2D eigenvalue weighted by Crippen LogP contribution is 2.34. The Morgan fingerprint density at radius 2 is 1.81 bits per heavy atom. The van der Waals surface area contributed by atoms with Gasteiger partial charge in [-0.15, -0.1) is 11.3 Å². The molecule has 4 nitrogen and oxygen atoms in total. The van der Waals surface area contributed by atoms with Gasteiger partial charge in [-0.25, -0.2) is 0 Å². The Balaban J connectivity index is 1.42. The molecule has 2 saturated heterocycles. The second kappa shape index (κ2) is 8.79. The lowest BCUT2D eigenvalue weighted by molar-refractivity contribution is -0.130. The lowest BCUT2D eigenvalue weighted by Crippen LogP contribution is -2.35. The molecule has 0 spiro atoms. The first kappa shape index (κ1) is 18.4. The van der Waals surface area contributed by atoms with Crippen LogP contribution in [0.25, 0.3) is 0 Å². The smallest absolute Gasteiger partial charge is 0.242 e. The van der Waals surface area contributed by atoms with Crippen molar-refractivity contribution < 1.29 is 4.79 Å². The molecule has 4 rings (SSSR count). The molecule has 0 saturated carbocycles. The zero-order valence-corrected chi connectivity index (χ0v) is 16.7. The lowest BCUT2D eigenvalue weighted by atomic mass is 10.2. The number of rotatable bonds is 5. The molecule has 0 bridgehead atoms. The molecule has 5 heteroatoms. The summed E-state index contributed by atoms with van der Waals surface area (Å²) in [7, 11) is 0. The first-order valence-electron chi connectivity index (χ1n) is 10.2. The van der Waals surface area contributed by atoms with Gasteiger partial charge in [0.05, 0.1) is 24.0 Å². The van der Waals surface area contributed by atoms with Crippen LogP contribution in [-0.4, -0.2) is 37.0 Å². The van der Waals surface area contributed by atoms with Crippen LogP contribution in [0.3, 0.4) is 0 Å². The number of nitrogens with zero attached hydrogens (tertiary/aromatic N) is 2. The summed E-state index contributed by atoms with van der Waals surface area (Å²) in [5, 5.41) is 5.55. The topological polar surface area (TPSA) is 35.6 Å². The lowest BCUT2D eigenvalue weighted by Gasteiger charge is -2.27. The maximum atomic E-state index is 12.9. The van der Waals surface area contributed by atoms with Gasteiger partial charge in [0.15, 0.2) is 0 Å². The molecule has 2 aliphatic rings. The highest BCUT2D eigenvalue weighted by atomic mass is 32.1. The van der Waals surface area contributed by atoms with Gasteiger partial charge in [-0.2, -0.15) is 0 Å². The first-order valence-corrected chi connectivity index (χ1v) is 11.1. The predicted octanol–water partition coefficient (Wildman–Crippen LogP) is 4.90. The van der Waals surface area contributed by atoms with Crippen LogP contribution in [-0.2, 0) is 4.79 Å². The Hall–Kier alpha value is -2.01. The SMILES string of the molecule is O=C(CNc1ccccc1N1CCCCCC1)N1CCC[C@@H]1c1cccs1. The van der Waals surface area contributed by atoms with Crippen LogP contribution < -0.4 is 10.2 Å². The summed E-state index contributed by atoms with van der Waals surface area (Å²) in [6.07, 6.45) is 7.33. The monoisotopic (exact) mass is 383 g/mol. The Bertz CT molecular complexity index is 738. The van der Waals surface area contributed by atoms with Crippen molar-refractivity contribution in [2.24, 2.45) is 0 Å². The van der Waals surface area contributed by atoms with E-state index in [1.807, 2.05) is 0 Å². The number of para-hydroxylation sites is 2. The van der Waals surface area contributed by atoms with Crippen LogP contribution in [0.4, 0.5) is 11.4 Å². The zero-order valence-electron chi connectivity index (χ0n) is 15.9. The molecule has 1 atom stereocenters. The Kier molecular flexibility index (Phi) is 5.97. The zero-order chi connectivity index (χ0) is 18.5. The van der Waals surface area contributed by atoms with E-state index in [9.17, 15) is 4.79 Å². The van der Waals surface area contributed by atoms with Crippen molar-refractivity contribution in [2.75, 3.05) is 36.4 Å². The molecule has 2 aromatic rings. The highest BCUT2D eigenvalue weighted by molar-refractivity contribution is 7.10. The van der Waals surface area contributed by atoms with Crippen LogP contribution >= 0.6 is 11.3 Å². The van der Waals surface area contributed by atoms with E-state index in [0.29, 0.717) is 6.54 Å². The van der Waals surface area contributed by atoms with Gasteiger partial charge in [-0.05, 0) is 49.3 Å². The molecule has 2 aliphatic heterocycles. The molecule has 1 aromatic carbocycles. The third-order valence-electron chi connectivity index (χ3n) is 5.73. The summed E-state index contributed by atoms with van der Waals surface area (Å²) in [6, 6.07) is 12.9. The minimum absolute atomic E-state index is 0.205. The van der Waals surface area contributed by atoms with Crippen molar-refractivity contribution in [1.82, 2.24) is 4.90 Å². The quantitative estimate of drug-likeness (QED) is 0.797. The molecule has 0 radical (unpaired) electrons. The molecule has 1 amide bonds. The summed E-state index contributed by atoms with van der Waals surface area (Å²) in [5.74, 6) is 0.205. The fraction of sp³-hybridized carbons (Fsp3) is 0.500. The van der Waals surface area contributed by atoms with E-state index in [-0.39, 0.29) is 11.9 Å². The van der Waals surface area contributed by atoms with E-state index in [0.717, 1.165) is 38.2 Å². The average molecular weight is 384 g/mol. The van der Waals surface area contributed by atoms with Gasteiger partial charge in [0.1, 0.15) is 0 Å². The second-order valence-electron chi connectivity index (χ2n) is 7.53. The van der Waals surface area contributed by atoms with Crippen molar-refractivity contribution in [3.05, 3.63) is 46.7 Å². The summed E-state index contributed by atoms with van der Waals surface area (Å²) in [6.45, 7) is 3.46. The van der Waals surface area contributed by atoms with Crippen LogP contribution in [0.5, 0.6) is 0 Å². The van der Waals surface area contributed by atoms with E-state index in [1.165, 1.54) is 36.2 Å². The summed E-state index contributed by atoms with van der Waals surface area (Å²) >= 11 is 1.76. The second-order valence-corrected chi connectivity index (χ2v) is 8.51. The van der Waals surface area contributed by atoms with E-state index >= 15 is 0 Å². The number of carbonyl (C=O) groups is 1. The molecule has 2 fully saturated rings. The number of likely N-dealkylation sites (tertiary alicyclic amines) is 1. The van der Waals surface area contributed by atoms with Gasteiger partial charge >= 0.3 is 0 Å². The number of benzene rings is 1. The maximum Gasteiger partial charge on any atom is 0.242 e. The standard InChI is InChI=1S/C22H29N3OS/c26-22(25-15-7-11-20(25)21-12-8-16-27-21)17-23-18-9-3-4-10-19(18)24-13-5-1-2-6-14-24/h3-4,8-10,12,16,20,23H,1-2,5-7,11,13-15,17H2/t20-/m1/s1. The average Bonchev–Trinajstić information content (AvgIpc) is 3.33. The number of hydrogen-bond donors (Lipinski definition) is 1. The summed E-state index contributed by atoms with van der Waals surface area (Å²) < 4.78 is 0. The van der Waals surface area contributed by atoms with Crippen molar-refractivity contribution in [1.29, 1.82) is 0 Å². The van der Waals surface area contributed by atoms with Crippen molar-refractivity contribution >= 4 is 28.6 Å². The van der Waals surface area contributed by atoms with E-state index in [1.54, 1.807) is 11.3 Å². The van der Waals surface area contributed by atoms with Crippen molar-refractivity contribution in [3.8, 4) is 0 Å².